The van der Waals surface area contributed by atoms with Gasteiger partial charge in [0.15, 0.2) is 17.3 Å². The van der Waals surface area contributed by atoms with E-state index in [2.05, 4.69) is 25.2 Å². The van der Waals surface area contributed by atoms with E-state index < -0.39 is 0 Å². The third-order valence-electron chi connectivity index (χ3n) is 5.33. The highest BCUT2D eigenvalue weighted by atomic mass is 16.7. The van der Waals surface area contributed by atoms with Crippen molar-refractivity contribution in [3.05, 3.63) is 60.7 Å². The Kier molecular flexibility index (Phi) is 4.98. The number of benzene rings is 1. The molecule has 8 heteroatoms. The maximum Gasteiger partial charge on any atom is 0.241 e. The van der Waals surface area contributed by atoms with Gasteiger partial charge in [-0.15, -0.1) is 0 Å². The summed E-state index contributed by atoms with van der Waals surface area (Å²) in [6, 6.07) is 11.3. The minimum absolute atomic E-state index is 0.0618. The number of nitrogens with zero attached hydrogens (tertiary/aromatic N) is 4. The molecule has 8 nitrogen and oxygen atoms in total. The summed E-state index contributed by atoms with van der Waals surface area (Å²) in [4.78, 5) is 28.2. The van der Waals surface area contributed by atoms with Crippen molar-refractivity contribution in [2.24, 2.45) is 0 Å². The number of hydrogen-bond acceptors (Lipinski definition) is 7. The van der Waals surface area contributed by atoms with Crippen LogP contribution in [0.1, 0.15) is 18.5 Å². The third kappa shape index (κ3) is 3.69. The molecule has 152 valence electrons. The molecule has 0 aliphatic carbocycles. The lowest BCUT2D eigenvalue weighted by atomic mass is 10.2. The molecular weight excluding hydrogens is 382 g/mol. The highest BCUT2D eigenvalue weighted by Crippen LogP contribution is 2.35. The highest BCUT2D eigenvalue weighted by Gasteiger charge is 2.32. The quantitative estimate of drug-likeness (QED) is 0.701. The largest absolute Gasteiger partial charge is 0.453 e. The second kappa shape index (κ2) is 8.08. The maximum absolute atomic E-state index is 12.9. The predicted octanol–water partition coefficient (Wildman–Crippen LogP) is 2.87. The number of fused-ring (bicyclic) bond motifs is 1. The van der Waals surface area contributed by atoms with Crippen LogP contribution >= 0.6 is 0 Å². The van der Waals surface area contributed by atoms with E-state index in [1.54, 1.807) is 24.7 Å². The zero-order chi connectivity index (χ0) is 20.3. The van der Waals surface area contributed by atoms with E-state index in [4.69, 9.17) is 9.47 Å². The van der Waals surface area contributed by atoms with Crippen LogP contribution in [0, 0.1) is 0 Å². The first-order valence-electron chi connectivity index (χ1n) is 9.94. The molecule has 4 heterocycles. The summed E-state index contributed by atoms with van der Waals surface area (Å²) in [7, 11) is 0. The first-order valence-corrected chi connectivity index (χ1v) is 9.94. The van der Waals surface area contributed by atoms with Crippen LogP contribution in [0.15, 0.2) is 55.0 Å². The Labute approximate surface area is 173 Å². The third-order valence-corrected chi connectivity index (χ3v) is 5.33. The first kappa shape index (κ1) is 18.5. The summed E-state index contributed by atoms with van der Waals surface area (Å²) in [6.07, 6.45) is 6.74. The van der Waals surface area contributed by atoms with Crippen LogP contribution in [0.25, 0.3) is 11.4 Å². The van der Waals surface area contributed by atoms with Gasteiger partial charge in [0.05, 0.1) is 24.1 Å². The van der Waals surface area contributed by atoms with E-state index in [1.165, 1.54) is 0 Å². The van der Waals surface area contributed by atoms with Gasteiger partial charge in [0, 0.05) is 24.4 Å². The molecule has 1 aromatic carbocycles. The molecule has 2 aromatic heterocycles. The van der Waals surface area contributed by atoms with E-state index >= 15 is 0 Å². The number of pyridine rings is 1. The van der Waals surface area contributed by atoms with E-state index in [9.17, 15) is 4.79 Å². The molecule has 3 aromatic rings. The van der Waals surface area contributed by atoms with Gasteiger partial charge in [-0.25, -0.2) is 9.97 Å². The van der Waals surface area contributed by atoms with Crippen LogP contribution in [-0.4, -0.2) is 45.1 Å². The Morgan fingerprint density at radius 3 is 2.77 bits per heavy atom. The van der Waals surface area contributed by atoms with E-state index in [0.717, 1.165) is 30.6 Å². The number of carbonyl (C=O) groups excluding carboxylic acids is 1. The van der Waals surface area contributed by atoms with Gasteiger partial charge in [0.2, 0.25) is 12.7 Å². The molecule has 0 radical (unpaired) electrons. The second-order valence-corrected chi connectivity index (χ2v) is 7.27. The number of ether oxygens (including phenoxy) is 2. The summed E-state index contributed by atoms with van der Waals surface area (Å²) in [5, 5.41) is 2.95. The van der Waals surface area contributed by atoms with Crippen molar-refractivity contribution in [2.45, 2.75) is 25.4 Å². The van der Waals surface area contributed by atoms with Gasteiger partial charge in [-0.2, -0.15) is 0 Å². The van der Waals surface area contributed by atoms with Crippen molar-refractivity contribution < 1.29 is 14.3 Å². The van der Waals surface area contributed by atoms with Crippen molar-refractivity contribution >= 4 is 11.6 Å². The lowest BCUT2D eigenvalue weighted by Gasteiger charge is -2.23. The maximum atomic E-state index is 12.9. The van der Waals surface area contributed by atoms with Crippen molar-refractivity contribution in [1.29, 1.82) is 0 Å². The summed E-state index contributed by atoms with van der Waals surface area (Å²) in [5.41, 5.74) is 2.31. The number of likely N-dealkylation sites (tertiary alicyclic amines) is 1. The van der Waals surface area contributed by atoms with E-state index in [-0.39, 0.29) is 18.7 Å². The molecule has 1 atom stereocenters. The minimum Gasteiger partial charge on any atom is -0.453 e. The number of amides is 1. The average molecular weight is 403 g/mol. The van der Waals surface area contributed by atoms with Crippen molar-refractivity contribution in [3.63, 3.8) is 0 Å². The van der Waals surface area contributed by atoms with E-state index in [1.807, 2.05) is 30.3 Å². The fraction of sp³-hybridized carbons (Fsp3) is 0.273. The minimum atomic E-state index is -0.237. The van der Waals surface area contributed by atoms with Crippen LogP contribution in [-0.2, 0) is 11.3 Å². The molecular formula is C22H21N5O3. The zero-order valence-electron chi connectivity index (χ0n) is 16.3. The number of nitrogens with one attached hydrogen (secondary N) is 1. The standard InChI is InChI=1S/C22H21N5O3/c28-22(26-16-11-24-21(25-12-16)15-5-2-1-3-6-15)18-7-4-10-27(18)13-17-20-19(8-9-23-17)29-14-30-20/h1-3,5-6,8-9,11-12,18H,4,7,10,13-14H2,(H,26,28). The summed E-state index contributed by atoms with van der Waals surface area (Å²) in [6.45, 7) is 1.57. The van der Waals surface area contributed by atoms with Crippen LogP contribution in [0.2, 0.25) is 0 Å². The van der Waals surface area contributed by atoms with Crippen LogP contribution in [0.5, 0.6) is 11.5 Å². The molecule has 30 heavy (non-hydrogen) atoms. The fourth-order valence-electron chi connectivity index (χ4n) is 3.86. The normalized spacial score (nSPS) is 17.8. The molecule has 1 N–H and O–H groups in total. The Balaban J connectivity index is 1.26. The molecule has 1 unspecified atom stereocenters. The number of aromatic nitrogens is 3. The monoisotopic (exact) mass is 403 g/mol. The van der Waals surface area contributed by atoms with Crippen LogP contribution in [0.4, 0.5) is 5.69 Å². The topological polar surface area (TPSA) is 89.5 Å². The first-order chi connectivity index (χ1) is 14.8. The molecule has 0 spiro atoms. The van der Waals surface area contributed by atoms with Gasteiger partial charge in [-0.05, 0) is 19.4 Å². The van der Waals surface area contributed by atoms with Crippen LogP contribution < -0.4 is 14.8 Å². The van der Waals surface area contributed by atoms with Crippen molar-refractivity contribution in [3.8, 4) is 22.9 Å². The summed E-state index contributed by atoms with van der Waals surface area (Å²) >= 11 is 0. The second-order valence-electron chi connectivity index (χ2n) is 7.27. The van der Waals surface area contributed by atoms with Gasteiger partial charge >= 0.3 is 0 Å². The van der Waals surface area contributed by atoms with Crippen molar-refractivity contribution in [1.82, 2.24) is 19.9 Å². The molecule has 0 bridgehead atoms. The zero-order valence-corrected chi connectivity index (χ0v) is 16.3. The number of rotatable bonds is 5. The molecule has 1 fully saturated rings. The van der Waals surface area contributed by atoms with Gasteiger partial charge in [-0.1, -0.05) is 30.3 Å². The Morgan fingerprint density at radius 2 is 1.93 bits per heavy atom. The molecule has 1 amide bonds. The SMILES string of the molecule is O=C(Nc1cnc(-c2ccccc2)nc1)C1CCCN1Cc1nccc2c1OCO2. The molecule has 2 aliphatic heterocycles. The lowest BCUT2D eigenvalue weighted by molar-refractivity contribution is -0.120. The number of anilines is 1. The van der Waals surface area contributed by atoms with Gasteiger partial charge in [0.1, 0.15) is 5.69 Å². The smallest absolute Gasteiger partial charge is 0.241 e. The average Bonchev–Trinajstić information content (AvgIpc) is 3.45. The van der Waals surface area contributed by atoms with Gasteiger partial charge in [-0.3, -0.25) is 14.7 Å². The lowest BCUT2D eigenvalue weighted by Crippen LogP contribution is -2.39. The summed E-state index contributed by atoms with van der Waals surface area (Å²) < 4.78 is 11.0. The predicted molar refractivity (Wildman–Crippen MR) is 110 cm³/mol. The highest BCUT2D eigenvalue weighted by molar-refractivity contribution is 5.94. The fourth-order valence-corrected chi connectivity index (χ4v) is 3.86. The molecule has 2 aliphatic rings. The summed E-state index contributed by atoms with van der Waals surface area (Å²) in [5.74, 6) is 1.94. The van der Waals surface area contributed by atoms with Gasteiger partial charge < -0.3 is 14.8 Å². The van der Waals surface area contributed by atoms with E-state index in [0.29, 0.717) is 29.6 Å². The molecule has 1 saturated heterocycles. The molecule has 0 saturated carbocycles. The number of carbonyl (C=O) groups is 1. The molecule has 5 rings (SSSR count). The van der Waals surface area contributed by atoms with Crippen LogP contribution in [0.3, 0.4) is 0 Å². The van der Waals surface area contributed by atoms with Gasteiger partial charge in [0.25, 0.3) is 0 Å². The van der Waals surface area contributed by atoms with Crippen molar-refractivity contribution in [2.75, 3.05) is 18.7 Å². The Bertz CT molecular complexity index is 1040. The Morgan fingerprint density at radius 1 is 1.10 bits per heavy atom. The number of hydrogen-bond donors (Lipinski definition) is 1. The Hall–Kier alpha value is -3.52.